The molecule has 0 spiro atoms. The monoisotopic (exact) mass is 249 g/mol. The molecule has 1 aliphatic carbocycles. The maximum atomic E-state index is 9.98. The highest BCUT2D eigenvalue weighted by molar-refractivity contribution is 5.32. The van der Waals surface area contributed by atoms with Gasteiger partial charge in [-0.25, -0.2) is 0 Å². The topological polar surface area (TPSA) is 55.5 Å². The van der Waals surface area contributed by atoms with Gasteiger partial charge in [0.25, 0.3) is 0 Å². The number of hydrogen-bond acceptors (Lipinski definition) is 3. The average molecular weight is 249 g/mol. The van der Waals surface area contributed by atoms with Crippen LogP contribution in [0.3, 0.4) is 0 Å². The van der Waals surface area contributed by atoms with Crippen LogP contribution in [0.25, 0.3) is 0 Å². The summed E-state index contributed by atoms with van der Waals surface area (Å²) in [6.07, 6.45) is 5.65. The van der Waals surface area contributed by atoms with Gasteiger partial charge < -0.3 is 15.6 Å². The number of aliphatic hydroxyl groups excluding tert-OH is 1. The van der Waals surface area contributed by atoms with Gasteiger partial charge in [-0.1, -0.05) is 43.9 Å². The molecule has 3 nitrogen and oxygen atoms in total. The number of benzene rings is 1. The van der Waals surface area contributed by atoms with E-state index in [0.29, 0.717) is 19.1 Å². The van der Waals surface area contributed by atoms with Crippen LogP contribution in [0.5, 0.6) is 5.75 Å². The van der Waals surface area contributed by atoms with Crippen LogP contribution < -0.4 is 10.5 Å². The van der Waals surface area contributed by atoms with Crippen molar-refractivity contribution in [2.45, 2.75) is 44.8 Å². The number of rotatable bonds is 6. The minimum absolute atomic E-state index is 0.362. The number of ether oxygens (including phenoxy) is 1. The molecule has 0 aliphatic heterocycles. The number of para-hydroxylation sites is 1. The maximum Gasteiger partial charge on any atom is 0.123 e. The van der Waals surface area contributed by atoms with Crippen molar-refractivity contribution >= 4 is 0 Å². The maximum absolute atomic E-state index is 9.98. The molecule has 1 saturated carbocycles. The molecule has 0 radical (unpaired) electrons. The molecule has 100 valence electrons. The zero-order chi connectivity index (χ0) is 12.8. The second-order valence-corrected chi connectivity index (χ2v) is 5.16. The van der Waals surface area contributed by atoms with Crippen molar-refractivity contribution in [1.29, 1.82) is 0 Å². The van der Waals surface area contributed by atoms with Crippen LogP contribution in [0.15, 0.2) is 24.3 Å². The summed E-state index contributed by atoms with van der Waals surface area (Å²) in [7, 11) is 0. The minimum Gasteiger partial charge on any atom is -0.491 e. The molecular weight excluding hydrogens is 226 g/mol. The first kappa shape index (κ1) is 13.4. The molecule has 0 saturated heterocycles. The Labute approximate surface area is 109 Å². The van der Waals surface area contributed by atoms with Crippen LogP contribution in [-0.4, -0.2) is 17.8 Å². The van der Waals surface area contributed by atoms with E-state index in [2.05, 4.69) is 0 Å². The van der Waals surface area contributed by atoms with Crippen molar-refractivity contribution < 1.29 is 9.84 Å². The first-order chi connectivity index (χ1) is 8.79. The molecule has 1 aromatic carbocycles. The molecule has 0 heterocycles. The summed E-state index contributed by atoms with van der Waals surface area (Å²) in [6, 6.07) is 7.74. The summed E-state index contributed by atoms with van der Waals surface area (Å²) < 4.78 is 5.67. The Bertz CT molecular complexity index is 361. The van der Waals surface area contributed by atoms with Gasteiger partial charge in [-0.05, 0) is 18.4 Å². The molecule has 1 unspecified atom stereocenters. The second-order valence-electron chi connectivity index (χ2n) is 5.16. The zero-order valence-corrected chi connectivity index (χ0v) is 10.8. The van der Waals surface area contributed by atoms with Crippen molar-refractivity contribution in [3.63, 3.8) is 0 Å². The van der Waals surface area contributed by atoms with Gasteiger partial charge in [-0.2, -0.15) is 0 Å². The fraction of sp³-hybridized carbons (Fsp3) is 0.600. The molecule has 1 atom stereocenters. The molecule has 0 aromatic heterocycles. The van der Waals surface area contributed by atoms with Crippen LogP contribution in [0.2, 0.25) is 0 Å². The lowest BCUT2D eigenvalue weighted by Gasteiger charge is -2.17. The first-order valence-corrected chi connectivity index (χ1v) is 6.88. The molecule has 0 amide bonds. The molecule has 1 fully saturated rings. The van der Waals surface area contributed by atoms with Gasteiger partial charge in [0.1, 0.15) is 12.4 Å². The average Bonchev–Trinajstić information content (AvgIpc) is 2.89. The van der Waals surface area contributed by atoms with E-state index in [1.54, 1.807) is 0 Å². The van der Waals surface area contributed by atoms with Crippen molar-refractivity contribution in [3.8, 4) is 5.75 Å². The van der Waals surface area contributed by atoms with Crippen LogP contribution in [0.4, 0.5) is 0 Å². The summed E-state index contributed by atoms with van der Waals surface area (Å²) in [5.41, 5.74) is 6.64. The van der Waals surface area contributed by atoms with E-state index in [1.807, 2.05) is 24.3 Å². The zero-order valence-electron chi connectivity index (χ0n) is 10.8. The lowest BCUT2D eigenvalue weighted by molar-refractivity contribution is 0.0851. The first-order valence-electron chi connectivity index (χ1n) is 6.88. The van der Waals surface area contributed by atoms with Gasteiger partial charge >= 0.3 is 0 Å². The van der Waals surface area contributed by atoms with E-state index >= 15 is 0 Å². The predicted octanol–water partition coefficient (Wildman–Crippen LogP) is 2.47. The van der Waals surface area contributed by atoms with Crippen LogP contribution in [0.1, 0.15) is 37.7 Å². The number of aliphatic hydroxyl groups is 1. The van der Waals surface area contributed by atoms with Gasteiger partial charge in [-0.15, -0.1) is 0 Å². The van der Waals surface area contributed by atoms with E-state index in [1.165, 1.54) is 25.7 Å². The molecular formula is C15H23NO2. The Morgan fingerprint density at radius 3 is 2.72 bits per heavy atom. The predicted molar refractivity (Wildman–Crippen MR) is 72.4 cm³/mol. The second kappa shape index (κ2) is 6.76. The number of hydrogen-bond donors (Lipinski definition) is 2. The Balaban J connectivity index is 1.79. The van der Waals surface area contributed by atoms with E-state index in [9.17, 15) is 5.11 Å². The third-order valence-corrected chi connectivity index (χ3v) is 3.70. The van der Waals surface area contributed by atoms with Crippen LogP contribution in [0, 0.1) is 5.92 Å². The highest BCUT2D eigenvalue weighted by Crippen LogP contribution is 2.28. The molecule has 3 heteroatoms. The van der Waals surface area contributed by atoms with E-state index in [0.717, 1.165) is 17.7 Å². The Morgan fingerprint density at radius 1 is 1.28 bits per heavy atom. The minimum atomic E-state index is -0.362. The molecule has 0 bridgehead atoms. The molecule has 3 N–H and O–H groups in total. The van der Waals surface area contributed by atoms with Crippen LogP contribution >= 0.6 is 0 Å². The summed E-state index contributed by atoms with van der Waals surface area (Å²) in [5.74, 6) is 1.49. The summed E-state index contributed by atoms with van der Waals surface area (Å²) in [4.78, 5) is 0. The SMILES string of the molecule is NCc1ccccc1OCC(O)CC1CCCC1. The van der Waals surface area contributed by atoms with Crippen molar-refractivity contribution in [3.05, 3.63) is 29.8 Å². The van der Waals surface area contributed by atoms with Gasteiger partial charge in [0, 0.05) is 12.1 Å². The summed E-state index contributed by atoms with van der Waals surface area (Å²) in [6.45, 7) is 0.836. The Morgan fingerprint density at radius 2 is 2.00 bits per heavy atom. The Hall–Kier alpha value is -1.06. The van der Waals surface area contributed by atoms with Gasteiger partial charge in [0.15, 0.2) is 0 Å². The highest BCUT2D eigenvalue weighted by Gasteiger charge is 2.19. The van der Waals surface area contributed by atoms with Crippen molar-refractivity contribution in [1.82, 2.24) is 0 Å². The smallest absolute Gasteiger partial charge is 0.123 e. The van der Waals surface area contributed by atoms with E-state index in [-0.39, 0.29) is 6.10 Å². The van der Waals surface area contributed by atoms with E-state index in [4.69, 9.17) is 10.5 Å². The third kappa shape index (κ3) is 3.72. The van der Waals surface area contributed by atoms with Gasteiger partial charge in [-0.3, -0.25) is 0 Å². The molecule has 18 heavy (non-hydrogen) atoms. The largest absolute Gasteiger partial charge is 0.491 e. The molecule has 2 rings (SSSR count). The molecule has 1 aromatic rings. The van der Waals surface area contributed by atoms with E-state index < -0.39 is 0 Å². The standard InChI is InChI=1S/C15H23NO2/c16-10-13-7-3-4-8-15(13)18-11-14(17)9-12-5-1-2-6-12/h3-4,7-8,12,14,17H,1-2,5-6,9-11,16H2. The quantitative estimate of drug-likeness (QED) is 0.814. The third-order valence-electron chi connectivity index (χ3n) is 3.70. The fourth-order valence-corrected chi connectivity index (χ4v) is 2.70. The summed E-state index contributed by atoms with van der Waals surface area (Å²) >= 11 is 0. The summed E-state index contributed by atoms with van der Waals surface area (Å²) in [5, 5.41) is 9.98. The number of nitrogens with two attached hydrogens (primary N) is 1. The van der Waals surface area contributed by atoms with Crippen LogP contribution in [-0.2, 0) is 6.54 Å². The molecule has 1 aliphatic rings. The Kier molecular flexibility index (Phi) is 5.02. The van der Waals surface area contributed by atoms with Crippen molar-refractivity contribution in [2.75, 3.05) is 6.61 Å². The van der Waals surface area contributed by atoms with Gasteiger partial charge in [0.2, 0.25) is 0 Å². The van der Waals surface area contributed by atoms with Gasteiger partial charge in [0.05, 0.1) is 6.10 Å². The van der Waals surface area contributed by atoms with Crippen molar-refractivity contribution in [2.24, 2.45) is 11.7 Å². The fourth-order valence-electron chi connectivity index (χ4n) is 2.70. The normalized spacial score (nSPS) is 17.9. The lowest BCUT2D eigenvalue weighted by atomic mass is 10.0. The highest BCUT2D eigenvalue weighted by atomic mass is 16.5. The lowest BCUT2D eigenvalue weighted by Crippen LogP contribution is -2.21.